The van der Waals surface area contributed by atoms with Gasteiger partial charge < -0.3 is 10.2 Å². The fourth-order valence-electron chi connectivity index (χ4n) is 0.751. The molecular formula is C8H18O2. The van der Waals surface area contributed by atoms with Crippen LogP contribution in [-0.2, 0) is 0 Å². The van der Waals surface area contributed by atoms with Crippen LogP contribution in [-0.4, -0.2) is 21.9 Å². The molecule has 0 saturated heterocycles. The van der Waals surface area contributed by atoms with E-state index in [0.717, 1.165) is 12.8 Å². The molecule has 2 heteroatoms. The molecule has 0 aliphatic carbocycles. The van der Waals surface area contributed by atoms with E-state index in [1.807, 2.05) is 0 Å². The molecule has 0 fully saturated rings. The highest BCUT2D eigenvalue weighted by molar-refractivity contribution is 4.75. The Morgan fingerprint density at radius 1 is 1.40 bits per heavy atom. The Bertz CT molecular complexity index is 83.7. The van der Waals surface area contributed by atoms with Gasteiger partial charge in [0, 0.05) is 0 Å². The first kappa shape index (κ1) is 9.92. The van der Waals surface area contributed by atoms with Crippen LogP contribution >= 0.6 is 0 Å². The number of unbranched alkanes of at least 4 members (excludes halogenated alkanes) is 1. The van der Waals surface area contributed by atoms with E-state index in [9.17, 15) is 10.2 Å². The Balaban J connectivity index is 3.52. The molecule has 2 N–H and O–H groups in total. The SMILES string of the molecule is CCCC[C@H](O)C(C)(C)O. The Morgan fingerprint density at radius 3 is 2.20 bits per heavy atom. The molecule has 0 aliphatic heterocycles. The van der Waals surface area contributed by atoms with Crippen LogP contribution in [0.3, 0.4) is 0 Å². The third-order valence-corrected chi connectivity index (χ3v) is 1.65. The van der Waals surface area contributed by atoms with Crippen molar-refractivity contribution in [2.75, 3.05) is 0 Å². The molecule has 0 aromatic heterocycles. The van der Waals surface area contributed by atoms with Crippen molar-refractivity contribution in [3.05, 3.63) is 0 Å². The largest absolute Gasteiger partial charge is 0.390 e. The molecule has 0 rings (SSSR count). The van der Waals surface area contributed by atoms with Gasteiger partial charge in [0.1, 0.15) is 0 Å². The van der Waals surface area contributed by atoms with E-state index >= 15 is 0 Å². The Morgan fingerprint density at radius 2 is 1.90 bits per heavy atom. The standard InChI is InChI=1S/C8H18O2/c1-4-5-6-7(9)8(2,3)10/h7,9-10H,4-6H2,1-3H3/t7-/m0/s1. The van der Waals surface area contributed by atoms with Crippen LogP contribution < -0.4 is 0 Å². The fraction of sp³-hybridized carbons (Fsp3) is 1.00. The van der Waals surface area contributed by atoms with Crippen LogP contribution in [0.2, 0.25) is 0 Å². The molecule has 0 heterocycles. The minimum Gasteiger partial charge on any atom is -0.390 e. The van der Waals surface area contributed by atoms with E-state index in [1.165, 1.54) is 0 Å². The molecule has 1 atom stereocenters. The molecule has 2 nitrogen and oxygen atoms in total. The van der Waals surface area contributed by atoms with Gasteiger partial charge in [0.15, 0.2) is 0 Å². The molecule has 0 amide bonds. The van der Waals surface area contributed by atoms with Crippen LogP contribution in [0.5, 0.6) is 0 Å². The smallest absolute Gasteiger partial charge is 0.0849 e. The fourth-order valence-corrected chi connectivity index (χ4v) is 0.751. The number of aliphatic hydroxyl groups is 2. The number of hydrogen-bond acceptors (Lipinski definition) is 2. The van der Waals surface area contributed by atoms with Crippen LogP contribution in [0, 0.1) is 0 Å². The molecule has 62 valence electrons. The predicted molar refractivity (Wildman–Crippen MR) is 41.8 cm³/mol. The Labute approximate surface area is 62.9 Å². The highest BCUT2D eigenvalue weighted by Gasteiger charge is 2.22. The third kappa shape index (κ3) is 3.85. The molecule has 0 aromatic carbocycles. The van der Waals surface area contributed by atoms with Crippen molar-refractivity contribution in [2.24, 2.45) is 0 Å². The zero-order chi connectivity index (χ0) is 8.20. The summed E-state index contributed by atoms with van der Waals surface area (Å²) in [6.07, 6.45) is 2.16. The summed E-state index contributed by atoms with van der Waals surface area (Å²) >= 11 is 0. The minimum atomic E-state index is -0.935. The first-order chi connectivity index (χ1) is 4.48. The van der Waals surface area contributed by atoms with Gasteiger partial charge in [-0.1, -0.05) is 19.8 Å². The number of rotatable bonds is 4. The van der Waals surface area contributed by atoms with Gasteiger partial charge in [0.2, 0.25) is 0 Å². The zero-order valence-electron chi connectivity index (χ0n) is 7.09. The summed E-state index contributed by atoms with van der Waals surface area (Å²) in [6, 6.07) is 0. The molecule has 0 aliphatic rings. The number of hydrogen-bond donors (Lipinski definition) is 2. The highest BCUT2D eigenvalue weighted by atomic mass is 16.3. The lowest BCUT2D eigenvalue weighted by molar-refractivity contribution is -0.0520. The van der Waals surface area contributed by atoms with Crippen molar-refractivity contribution >= 4 is 0 Å². The lowest BCUT2D eigenvalue weighted by Gasteiger charge is -2.23. The molecule has 0 bridgehead atoms. The Hall–Kier alpha value is -0.0800. The van der Waals surface area contributed by atoms with Gasteiger partial charge in [-0.25, -0.2) is 0 Å². The second kappa shape index (κ2) is 3.94. The summed E-state index contributed by atoms with van der Waals surface area (Å²) in [5, 5.41) is 18.5. The molecule has 0 radical (unpaired) electrons. The topological polar surface area (TPSA) is 40.5 Å². The van der Waals surface area contributed by atoms with Crippen molar-refractivity contribution in [3.8, 4) is 0 Å². The highest BCUT2D eigenvalue weighted by Crippen LogP contribution is 2.13. The van der Waals surface area contributed by atoms with Crippen LogP contribution in [0.1, 0.15) is 40.0 Å². The van der Waals surface area contributed by atoms with E-state index in [2.05, 4.69) is 6.92 Å². The average molecular weight is 146 g/mol. The summed E-state index contributed by atoms with van der Waals surface area (Å²) in [5.74, 6) is 0. The van der Waals surface area contributed by atoms with Gasteiger partial charge in [-0.2, -0.15) is 0 Å². The molecule has 0 spiro atoms. The average Bonchev–Trinajstić information content (AvgIpc) is 1.80. The van der Waals surface area contributed by atoms with Gasteiger partial charge >= 0.3 is 0 Å². The summed E-state index contributed by atoms with van der Waals surface area (Å²) in [6.45, 7) is 5.33. The molecule has 0 unspecified atom stereocenters. The summed E-state index contributed by atoms with van der Waals surface area (Å²) in [7, 11) is 0. The third-order valence-electron chi connectivity index (χ3n) is 1.65. The lowest BCUT2D eigenvalue weighted by atomic mass is 9.97. The molecular weight excluding hydrogens is 128 g/mol. The molecule has 0 saturated carbocycles. The first-order valence-corrected chi connectivity index (χ1v) is 3.89. The second-order valence-electron chi connectivity index (χ2n) is 3.31. The van der Waals surface area contributed by atoms with E-state index in [0.29, 0.717) is 6.42 Å². The quantitative estimate of drug-likeness (QED) is 0.627. The lowest BCUT2D eigenvalue weighted by Crippen LogP contribution is -2.35. The van der Waals surface area contributed by atoms with Crippen molar-refractivity contribution < 1.29 is 10.2 Å². The second-order valence-corrected chi connectivity index (χ2v) is 3.31. The van der Waals surface area contributed by atoms with E-state index in [4.69, 9.17) is 0 Å². The van der Waals surface area contributed by atoms with Crippen LogP contribution in [0.4, 0.5) is 0 Å². The van der Waals surface area contributed by atoms with Gasteiger partial charge in [-0.3, -0.25) is 0 Å². The van der Waals surface area contributed by atoms with Crippen molar-refractivity contribution in [1.82, 2.24) is 0 Å². The van der Waals surface area contributed by atoms with Gasteiger partial charge in [-0.05, 0) is 20.3 Å². The monoisotopic (exact) mass is 146 g/mol. The maximum Gasteiger partial charge on any atom is 0.0849 e. The van der Waals surface area contributed by atoms with Gasteiger partial charge in [-0.15, -0.1) is 0 Å². The first-order valence-electron chi connectivity index (χ1n) is 3.89. The predicted octanol–water partition coefficient (Wildman–Crippen LogP) is 1.31. The summed E-state index contributed by atoms with van der Waals surface area (Å²) in [4.78, 5) is 0. The maximum atomic E-state index is 9.27. The molecule has 10 heavy (non-hydrogen) atoms. The van der Waals surface area contributed by atoms with E-state index in [1.54, 1.807) is 13.8 Å². The molecule has 0 aromatic rings. The normalized spacial score (nSPS) is 15.3. The van der Waals surface area contributed by atoms with Gasteiger partial charge in [0.25, 0.3) is 0 Å². The minimum absolute atomic E-state index is 0.576. The van der Waals surface area contributed by atoms with Crippen LogP contribution in [0.25, 0.3) is 0 Å². The van der Waals surface area contributed by atoms with Crippen molar-refractivity contribution in [1.29, 1.82) is 0 Å². The number of aliphatic hydroxyl groups excluding tert-OH is 1. The zero-order valence-corrected chi connectivity index (χ0v) is 7.09. The van der Waals surface area contributed by atoms with E-state index in [-0.39, 0.29) is 0 Å². The maximum absolute atomic E-state index is 9.27. The van der Waals surface area contributed by atoms with Crippen molar-refractivity contribution in [3.63, 3.8) is 0 Å². The van der Waals surface area contributed by atoms with E-state index < -0.39 is 11.7 Å². The van der Waals surface area contributed by atoms with Crippen LogP contribution in [0.15, 0.2) is 0 Å². The summed E-state index contributed by atoms with van der Waals surface area (Å²) in [5.41, 5.74) is -0.935. The summed E-state index contributed by atoms with van der Waals surface area (Å²) < 4.78 is 0. The Kier molecular flexibility index (Phi) is 3.91. The van der Waals surface area contributed by atoms with Crippen molar-refractivity contribution in [2.45, 2.75) is 51.7 Å². The van der Waals surface area contributed by atoms with Gasteiger partial charge in [0.05, 0.1) is 11.7 Å².